The summed E-state index contributed by atoms with van der Waals surface area (Å²) in [4.78, 5) is 7.56. The molecule has 2 aliphatic heterocycles. The third-order valence-corrected chi connectivity index (χ3v) is 6.95. The molecule has 2 aromatic heterocycles. The molecule has 2 aromatic rings. The van der Waals surface area contributed by atoms with Crippen molar-refractivity contribution in [3.63, 3.8) is 0 Å². The van der Waals surface area contributed by atoms with E-state index in [0.29, 0.717) is 11.5 Å². The van der Waals surface area contributed by atoms with Crippen LogP contribution in [-0.2, 0) is 0 Å². The molecule has 1 unspecified atom stereocenters. The third-order valence-electron chi connectivity index (χ3n) is 6.95. The van der Waals surface area contributed by atoms with Crippen LogP contribution < -0.4 is 10.3 Å². The van der Waals surface area contributed by atoms with Crippen molar-refractivity contribution in [3.8, 4) is 0 Å². The second-order valence-corrected chi connectivity index (χ2v) is 8.79. The van der Waals surface area contributed by atoms with Crippen LogP contribution in [0.3, 0.4) is 0 Å². The number of aryl methyl sites for hydroxylation is 1. The molecule has 2 N–H and O–H groups in total. The first-order chi connectivity index (χ1) is 13.7. The maximum absolute atomic E-state index is 4.98. The highest BCUT2D eigenvalue weighted by Crippen LogP contribution is 2.44. The lowest BCUT2D eigenvalue weighted by Gasteiger charge is -2.50. The lowest BCUT2D eigenvalue weighted by atomic mass is 9.68. The van der Waals surface area contributed by atoms with Gasteiger partial charge in [0, 0.05) is 37.1 Å². The quantitative estimate of drug-likeness (QED) is 0.858. The van der Waals surface area contributed by atoms with Crippen molar-refractivity contribution in [2.75, 3.05) is 25.1 Å². The minimum atomic E-state index is -0.0400. The van der Waals surface area contributed by atoms with E-state index in [1.54, 1.807) is 0 Å². The van der Waals surface area contributed by atoms with Crippen LogP contribution in [0, 0.1) is 12.3 Å². The fourth-order valence-corrected chi connectivity index (χ4v) is 5.37. The van der Waals surface area contributed by atoms with Gasteiger partial charge in [-0.05, 0) is 70.0 Å². The molecule has 5 rings (SSSR count). The van der Waals surface area contributed by atoms with Gasteiger partial charge in [0.05, 0.1) is 11.9 Å². The van der Waals surface area contributed by atoms with Crippen LogP contribution in [-0.4, -0.2) is 58.5 Å². The van der Waals surface area contributed by atoms with Crippen LogP contribution in [0.4, 0.5) is 5.82 Å². The molecule has 1 atom stereocenters. The maximum atomic E-state index is 4.98. The Hall–Kier alpha value is -2.12. The van der Waals surface area contributed by atoms with E-state index >= 15 is 0 Å². The van der Waals surface area contributed by atoms with E-state index in [0.717, 1.165) is 30.3 Å². The van der Waals surface area contributed by atoms with Gasteiger partial charge in [0.2, 0.25) is 0 Å². The largest absolute Gasteiger partial charge is 0.317 e. The minimum absolute atomic E-state index is 0.0400. The molecule has 0 amide bonds. The van der Waals surface area contributed by atoms with Crippen molar-refractivity contribution in [2.45, 2.75) is 57.8 Å². The first-order valence-electron chi connectivity index (χ1n) is 10.6. The zero-order valence-corrected chi connectivity index (χ0v) is 16.9. The highest BCUT2D eigenvalue weighted by Gasteiger charge is 2.42. The number of H-pyrrole nitrogens is 1. The standard InChI is InChI=1S/C21H31N7/c1-16-13-19(25-24-16)28-20(23-14-18-5-3-12-27(18)28)26-11-4-8-21(15-26)9-6-17(22-2)7-10-21/h3,5,12-14,17,20,22H,4,6-11,15H2,1-2H3,(H,24,25). The minimum Gasteiger partial charge on any atom is -0.317 e. The van der Waals surface area contributed by atoms with E-state index in [1.807, 2.05) is 13.1 Å². The predicted octanol–water partition coefficient (Wildman–Crippen LogP) is 2.75. The summed E-state index contributed by atoms with van der Waals surface area (Å²) in [5, 5.41) is 13.4. The van der Waals surface area contributed by atoms with Gasteiger partial charge in [0.25, 0.3) is 0 Å². The number of rotatable bonds is 3. The van der Waals surface area contributed by atoms with Crippen LogP contribution >= 0.6 is 0 Å². The average Bonchev–Trinajstić information content (AvgIpc) is 3.36. The maximum Gasteiger partial charge on any atom is 0.198 e. The molecule has 1 aliphatic carbocycles. The number of anilines is 1. The number of nitrogens with one attached hydrogen (secondary N) is 2. The summed E-state index contributed by atoms with van der Waals surface area (Å²) in [6.07, 6.45) is 11.9. The predicted molar refractivity (Wildman–Crippen MR) is 112 cm³/mol. The van der Waals surface area contributed by atoms with E-state index in [2.05, 4.69) is 61.5 Å². The molecule has 3 aliphatic rings. The summed E-state index contributed by atoms with van der Waals surface area (Å²) in [6, 6.07) is 6.98. The summed E-state index contributed by atoms with van der Waals surface area (Å²) in [5.74, 6) is 0.926. The number of likely N-dealkylation sites (tertiary alicyclic amines) is 1. The summed E-state index contributed by atoms with van der Waals surface area (Å²) in [7, 11) is 2.10. The highest BCUT2D eigenvalue weighted by atomic mass is 15.7. The van der Waals surface area contributed by atoms with Crippen LogP contribution in [0.5, 0.6) is 0 Å². The van der Waals surface area contributed by atoms with E-state index in [4.69, 9.17) is 4.99 Å². The Morgan fingerprint density at radius 3 is 2.86 bits per heavy atom. The monoisotopic (exact) mass is 381 g/mol. The van der Waals surface area contributed by atoms with E-state index in [-0.39, 0.29) is 6.29 Å². The van der Waals surface area contributed by atoms with Crippen molar-refractivity contribution < 1.29 is 0 Å². The van der Waals surface area contributed by atoms with Crippen molar-refractivity contribution >= 4 is 12.0 Å². The van der Waals surface area contributed by atoms with Gasteiger partial charge in [-0.3, -0.25) is 14.7 Å². The Bertz CT molecular complexity index is 843. The Morgan fingerprint density at radius 2 is 2.11 bits per heavy atom. The number of fused-ring (bicyclic) bond motifs is 1. The Kier molecular flexibility index (Phi) is 4.51. The van der Waals surface area contributed by atoms with Gasteiger partial charge >= 0.3 is 0 Å². The van der Waals surface area contributed by atoms with Crippen LogP contribution in [0.1, 0.15) is 49.9 Å². The zero-order valence-electron chi connectivity index (χ0n) is 16.9. The molecule has 1 saturated heterocycles. The number of aromatic amines is 1. The third kappa shape index (κ3) is 3.06. The van der Waals surface area contributed by atoms with Gasteiger partial charge in [-0.1, -0.05) is 0 Å². The summed E-state index contributed by atoms with van der Waals surface area (Å²) in [6.45, 7) is 4.27. The van der Waals surface area contributed by atoms with Gasteiger partial charge in [-0.15, -0.1) is 0 Å². The summed E-state index contributed by atoms with van der Waals surface area (Å²) >= 11 is 0. The van der Waals surface area contributed by atoms with Gasteiger partial charge in [0.15, 0.2) is 12.1 Å². The van der Waals surface area contributed by atoms with Gasteiger partial charge in [-0.25, -0.2) is 10.0 Å². The van der Waals surface area contributed by atoms with Crippen LogP contribution in [0.2, 0.25) is 0 Å². The fourth-order valence-electron chi connectivity index (χ4n) is 5.37. The Labute approximate surface area is 166 Å². The second kappa shape index (κ2) is 7.04. The normalized spacial score (nSPS) is 30.7. The molecule has 1 spiro atoms. The first-order valence-corrected chi connectivity index (χ1v) is 10.6. The van der Waals surface area contributed by atoms with E-state index in [9.17, 15) is 0 Å². The molecule has 7 heteroatoms. The number of piperidine rings is 1. The molecule has 150 valence electrons. The molecule has 0 radical (unpaired) electrons. The van der Waals surface area contributed by atoms with Crippen LogP contribution in [0.15, 0.2) is 29.4 Å². The molecule has 4 heterocycles. The van der Waals surface area contributed by atoms with E-state index < -0.39 is 0 Å². The summed E-state index contributed by atoms with van der Waals surface area (Å²) in [5.41, 5.74) is 2.61. The Balaban J connectivity index is 1.42. The fraction of sp³-hybridized carbons (Fsp3) is 0.619. The van der Waals surface area contributed by atoms with Crippen molar-refractivity contribution in [1.82, 2.24) is 25.1 Å². The van der Waals surface area contributed by atoms with Gasteiger partial charge in [-0.2, -0.15) is 5.10 Å². The number of aromatic nitrogens is 3. The van der Waals surface area contributed by atoms with Crippen LogP contribution in [0.25, 0.3) is 0 Å². The van der Waals surface area contributed by atoms with E-state index in [1.165, 1.54) is 38.5 Å². The molecular formula is C21H31N7. The molecule has 2 fully saturated rings. The lowest BCUT2D eigenvalue weighted by molar-refractivity contribution is 0.0207. The van der Waals surface area contributed by atoms with Crippen molar-refractivity contribution in [1.29, 1.82) is 0 Å². The first kappa shape index (κ1) is 17.9. The molecule has 7 nitrogen and oxygen atoms in total. The number of hydrogen-bond donors (Lipinski definition) is 2. The highest BCUT2D eigenvalue weighted by molar-refractivity contribution is 5.79. The van der Waals surface area contributed by atoms with Crippen molar-refractivity contribution in [3.05, 3.63) is 35.8 Å². The number of hydrogen-bond acceptors (Lipinski definition) is 5. The summed E-state index contributed by atoms with van der Waals surface area (Å²) < 4.78 is 2.19. The molecule has 0 aromatic carbocycles. The SMILES string of the molecule is CNC1CCC2(CCCN(C3N=Cc4cccn4N3c3cc(C)[nH]n3)C2)CC1. The zero-order chi connectivity index (χ0) is 19.1. The molecular weight excluding hydrogens is 350 g/mol. The molecule has 1 saturated carbocycles. The lowest BCUT2D eigenvalue weighted by Crippen LogP contribution is -2.57. The molecule has 0 bridgehead atoms. The second-order valence-electron chi connectivity index (χ2n) is 8.79. The smallest absolute Gasteiger partial charge is 0.198 e. The number of nitrogens with zero attached hydrogens (tertiary/aromatic N) is 5. The van der Waals surface area contributed by atoms with Gasteiger partial charge in [0.1, 0.15) is 0 Å². The van der Waals surface area contributed by atoms with Gasteiger partial charge < -0.3 is 5.32 Å². The Morgan fingerprint density at radius 1 is 1.25 bits per heavy atom. The molecule has 28 heavy (non-hydrogen) atoms. The average molecular weight is 382 g/mol. The van der Waals surface area contributed by atoms with Crippen molar-refractivity contribution in [2.24, 2.45) is 10.4 Å². The number of aliphatic imine (C=N–C) groups is 1. The topological polar surface area (TPSA) is 64.5 Å².